The van der Waals surface area contributed by atoms with Gasteiger partial charge in [0.05, 0.1) is 23.3 Å². The summed E-state index contributed by atoms with van der Waals surface area (Å²) < 4.78 is 5.37. The number of hydrogen-bond acceptors (Lipinski definition) is 5. The molecule has 1 fully saturated rings. The van der Waals surface area contributed by atoms with Crippen LogP contribution in [0.3, 0.4) is 0 Å². The molecule has 0 saturated carbocycles. The molecule has 3 rings (SSSR count). The second-order valence-electron chi connectivity index (χ2n) is 5.01. The van der Waals surface area contributed by atoms with E-state index >= 15 is 0 Å². The predicted molar refractivity (Wildman–Crippen MR) is 89.5 cm³/mol. The summed E-state index contributed by atoms with van der Waals surface area (Å²) in [5, 5.41) is 4.27. The van der Waals surface area contributed by atoms with Crippen LogP contribution in [0, 0.1) is 6.92 Å². The standard InChI is InChI=1S/C15H16Cl2N4O/c1-10-18-14(20-11-2-3-12(16)13(17)8-11)9-15(19-10)21-4-6-22-7-5-21/h2-3,8-9H,4-7H2,1H3,(H,18,19,20). The van der Waals surface area contributed by atoms with E-state index in [0.29, 0.717) is 15.9 Å². The van der Waals surface area contributed by atoms with Crippen molar-refractivity contribution in [2.24, 2.45) is 0 Å². The van der Waals surface area contributed by atoms with Crippen LogP contribution in [-0.2, 0) is 4.74 Å². The highest BCUT2D eigenvalue weighted by Gasteiger charge is 2.14. The van der Waals surface area contributed by atoms with E-state index in [0.717, 1.165) is 43.6 Å². The molecule has 0 spiro atoms. The van der Waals surface area contributed by atoms with Gasteiger partial charge in [-0.15, -0.1) is 0 Å². The van der Waals surface area contributed by atoms with Crippen molar-refractivity contribution in [1.82, 2.24) is 9.97 Å². The van der Waals surface area contributed by atoms with Gasteiger partial charge in [-0.2, -0.15) is 0 Å². The van der Waals surface area contributed by atoms with Crippen LogP contribution in [0.15, 0.2) is 24.3 Å². The van der Waals surface area contributed by atoms with Gasteiger partial charge in [0.25, 0.3) is 0 Å². The Morgan fingerprint density at radius 1 is 1.09 bits per heavy atom. The smallest absolute Gasteiger partial charge is 0.136 e. The molecule has 22 heavy (non-hydrogen) atoms. The molecule has 1 saturated heterocycles. The van der Waals surface area contributed by atoms with Crippen LogP contribution in [0.5, 0.6) is 0 Å². The number of morpholine rings is 1. The number of hydrogen-bond donors (Lipinski definition) is 1. The van der Waals surface area contributed by atoms with E-state index in [4.69, 9.17) is 27.9 Å². The Morgan fingerprint density at radius 2 is 1.86 bits per heavy atom. The number of halogens is 2. The van der Waals surface area contributed by atoms with Crippen molar-refractivity contribution >= 4 is 40.5 Å². The molecular formula is C15H16Cl2N4O. The van der Waals surface area contributed by atoms with Gasteiger partial charge in [0.2, 0.25) is 0 Å². The van der Waals surface area contributed by atoms with Crippen LogP contribution in [0.2, 0.25) is 10.0 Å². The average Bonchev–Trinajstić information content (AvgIpc) is 2.51. The van der Waals surface area contributed by atoms with Crippen LogP contribution in [0.4, 0.5) is 17.3 Å². The molecular weight excluding hydrogens is 323 g/mol. The van der Waals surface area contributed by atoms with Crippen molar-refractivity contribution in [3.05, 3.63) is 40.1 Å². The van der Waals surface area contributed by atoms with Crippen molar-refractivity contribution in [2.45, 2.75) is 6.92 Å². The lowest BCUT2D eigenvalue weighted by atomic mass is 10.3. The molecule has 0 unspecified atom stereocenters. The van der Waals surface area contributed by atoms with E-state index in [1.165, 1.54) is 0 Å². The molecule has 5 nitrogen and oxygen atoms in total. The molecule has 0 radical (unpaired) electrons. The Balaban J connectivity index is 1.83. The number of aromatic nitrogens is 2. The van der Waals surface area contributed by atoms with Gasteiger partial charge in [-0.3, -0.25) is 0 Å². The largest absolute Gasteiger partial charge is 0.378 e. The molecule has 116 valence electrons. The Morgan fingerprint density at radius 3 is 2.59 bits per heavy atom. The number of aryl methyl sites for hydroxylation is 1. The van der Waals surface area contributed by atoms with Crippen molar-refractivity contribution < 1.29 is 4.74 Å². The van der Waals surface area contributed by atoms with Gasteiger partial charge < -0.3 is 15.0 Å². The summed E-state index contributed by atoms with van der Waals surface area (Å²) in [6.07, 6.45) is 0. The van der Waals surface area contributed by atoms with E-state index < -0.39 is 0 Å². The third-order valence-corrected chi connectivity index (χ3v) is 4.09. The maximum Gasteiger partial charge on any atom is 0.136 e. The van der Waals surface area contributed by atoms with Gasteiger partial charge in [0.1, 0.15) is 17.5 Å². The number of nitrogens with zero attached hydrogens (tertiary/aromatic N) is 3. The molecule has 1 aliphatic heterocycles. The lowest BCUT2D eigenvalue weighted by Crippen LogP contribution is -2.36. The number of anilines is 3. The summed E-state index contributed by atoms with van der Waals surface area (Å²) in [6.45, 7) is 4.99. The molecule has 0 aliphatic carbocycles. The molecule has 2 heterocycles. The van der Waals surface area contributed by atoms with Crippen LogP contribution in [0.25, 0.3) is 0 Å². The minimum atomic E-state index is 0.505. The van der Waals surface area contributed by atoms with Crippen LogP contribution in [0.1, 0.15) is 5.82 Å². The van der Waals surface area contributed by atoms with Gasteiger partial charge in [0, 0.05) is 24.8 Å². The second-order valence-corrected chi connectivity index (χ2v) is 5.83. The Bertz CT molecular complexity index is 675. The zero-order valence-electron chi connectivity index (χ0n) is 12.1. The molecule has 2 aromatic rings. The van der Waals surface area contributed by atoms with Crippen molar-refractivity contribution in [1.29, 1.82) is 0 Å². The van der Waals surface area contributed by atoms with Gasteiger partial charge in [-0.25, -0.2) is 9.97 Å². The van der Waals surface area contributed by atoms with Crippen LogP contribution in [-0.4, -0.2) is 36.3 Å². The molecule has 1 aromatic carbocycles. The van der Waals surface area contributed by atoms with Gasteiger partial charge in [-0.1, -0.05) is 23.2 Å². The number of benzene rings is 1. The predicted octanol–water partition coefficient (Wildman–Crippen LogP) is 3.67. The Kier molecular flexibility index (Phi) is 4.66. The molecule has 0 bridgehead atoms. The highest BCUT2D eigenvalue weighted by molar-refractivity contribution is 6.42. The second kappa shape index (κ2) is 6.69. The minimum Gasteiger partial charge on any atom is -0.378 e. The normalized spacial score (nSPS) is 15.0. The summed E-state index contributed by atoms with van der Waals surface area (Å²) >= 11 is 12.0. The van der Waals surface area contributed by atoms with Crippen LogP contribution < -0.4 is 10.2 Å². The fourth-order valence-corrected chi connectivity index (χ4v) is 2.59. The number of ether oxygens (including phenoxy) is 1. The third-order valence-electron chi connectivity index (χ3n) is 3.35. The quantitative estimate of drug-likeness (QED) is 0.925. The highest BCUT2D eigenvalue weighted by Crippen LogP contribution is 2.27. The zero-order chi connectivity index (χ0) is 15.5. The fourth-order valence-electron chi connectivity index (χ4n) is 2.29. The first kappa shape index (κ1) is 15.3. The first-order chi connectivity index (χ1) is 10.6. The van der Waals surface area contributed by atoms with Gasteiger partial charge in [0.15, 0.2) is 0 Å². The zero-order valence-corrected chi connectivity index (χ0v) is 13.7. The number of nitrogens with one attached hydrogen (secondary N) is 1. The lowest BCUT2D eigenvalue weighted by Gasteiger charge is -2.28. The summed E-state index contributed by atoms with van der Waals surface area (Å²) in [4.78, 5) is 11.1. The first-order valence-electron chi connectivity index (χ1n) is 7.02. The highest BCUT2D eigenvalue weighted by atomic mass is 35.5. The van der Waals surface area contributed by atoms with E-state index in [1.807, 2.05) is 19.1 Å². The van der Waals surface area contributed by atoms with Crippen molar-refractivity contribution in [2.75, 3.05) is 36.5 Å². The average molecular weight is 339 g/mol. The summed E-state index contributed by atoms with van der Waals surface area (Å²) in [5.74, 6) is 2.34. The maximum atomic E-state index is 6.04. The topological polar surface area (TPSA) is 50.3 Å². The van der Waals surface area contributed by atoms with E-state index in [9.17, 15) is 0 Å². The van der Waals surface area contributed by atoms with E-state index in [-0.39, 0.29) is 0 Å². The van der Waals surface area contributed by atoms with Crippen LogP contribution >= 0.6 is 23.2 Å². The Hall–Kier alpha value is -1.56. The SMILES string of the molecule is Cc1nc(Nc2ccc(Cl)c(Cl)c2)cc(N2CCOCC2)n1. The summed E-state index contributed by atoms with van der Waals surface area (Å²) in [7, 11) is 0. The Labute approximate surface area is 139 Å². The number of rotatable bonds is 3. The maximum absolute atomic E-state index is 6.04. The summed E-state index contributed by atoms with van der Waals surface area (Å²) in [5.41, 5.74) is 0.834. The monoisotopic (exact) mass is 338 g/mol. The lowest BCUT2D eigenvalue weighted by molar-refractivity contribution is 0.122. The summed E-state index contributed by atoms with van der Waals surface area (Å²) in [6, 6.07) is 7.32. The molecule has 7 heteroatoms. The fraction of sp³-hybridized carbons (Fsp3) is 0.333. The molecule has 1 aromatic heterocycles. The minimum absolute atomic E-state index is 0.505. The molecule has 1 N–H and O–H groups in total. The van der Waals surface area contributed by atoms with Crippen molar-refractivity contribution in [3.8, 4) is 0 Å². The van der Waals surface area contributed by atoms with E-state index in [1.54, 1.807) is 12.1 Å². The van der Waals surface area contributed by atoms with Gasteiger partial charge >= 0.3 is 0 Å². The molecule has 0 atom stereocenters. The van der Waals surface area contributed by atoms with Crippen molar-refractivity contribution in [3.63, 3.8) is 0 Å². The molecule has 0 amide bonds. The third kappa shape index (κ3) is 3.61. The van der Waals surface area contributed by atoms with Gasteiger partial charge in [-0.05, 0) is 25.1 Å². The first-order valence-corrected chi connectivity index (χ1v) is 7.78. The van der Waals surface area contributed by atoms with E-state index in [2.05, 4.69) is 20.2 Å². The molecule has 1 aliphatic rings.